The third-order valence-electron chi connectivity index (χ3n) is 1.74. The first-order valence-corrected chi connectivity index (χ1v) is 4.50. The van der Waals surface area contributed by atoms with E-state index in [2.05, 4.69) is 4.99 Å². The highest BCUT2D eigenvalue weighted by molar-refractivity contribution is 6.01. The van der Waals surface area contributed by atoms with Crippen LogP contribution < -0.4 is 0 Å². The fourth-order valence-electron chi connectivity index (χ4n) is 1.05. The normalized spacial score (nSPS) is 10.4. The van der Waals surface area contributed by atoms with Gasteiger partial charge in [0.05, 0.1) is 11.3 Å². The molecule has 16 heavy (non-hydrogen) atoms. The summed E-state index contributed by atoms with van der Waals surface area (Å²) in [4.78, 5) is 26.8. The Morgan fingerprint density at radius 1 is 1.44 bits per heavy atom. The number of nitrogens with zero attached hydrogens (tertiary/aromatic N) is 3. The summed E-state index contributed by atoms with van der Waals surface area (Å²) in [6, 6.07) is 5.72. The molecule has 0 aromatic heterocycles. The fourth-order valence-corrected chi connectivity index (χ4v) is 1.05. The molecule has 0 aliphatic rings. The van der Waals surface area contributed by atoms with Crippen molar-refractivity contribution in [3.05, 3.63) is 39.9 Å². The van der Waals surface area contributed by atoms with E-state index < -0.39 is 10.8 Å². The lowest BCUT2D eigenvalue weighted by Gasteiger charge is -2.02. The minimum atomic E-state index is -0.624. The van der Waals surface area contributed by atoms with Gasteiger partial charge in [0.25, 0.3) is 11.6 Å². The molecule has 84 valence electrons. The van der Waals surface area contributed by atoms with Crippen molar-refractivity contribution in [3.63, 3.8) is 0 Å². The van der Waals surface area contributed by atoms with Crippen molar-refractivity contribution in [2.24, 2.45) is 4.99 Å². The predicted octanol–water partition coefficient (Wildman–Crippen LogP) is 1.32. The third kappa shape index (κ3) is 2.88. The van der Waals surface area contributed by atoms with Crippen LogP contribution in [0.3, 0.4) is 0 Å². The van der Waals surface area contributed by atoms with Gasteiger partial charge in [0.2, 0.25) is 0 Å². The molecule has 0 unspecified atom stereocenters. The largest absolute Gasteiger partial charge is 0.369 e. The highest BCUT2D eigenvalue weighted by Gasteiger charge is 2.17. The van der Waals surface area contributed by atoms with Crippen LogP contribution in [0, 0.1) is 10.1 Å². The molecule has 1 amide bonds. The van der Waals surface area contributed by atoms with Crippen molar-refractivity contribution >= 4 is 17.9 Å². The number of carbonyl (C=O) groups is 1. The molecule has 0 heterocycles. The van der Waals surface area contributed by atoms with Crippen molar-refractivity contribution in [3.8, 4) is 0 Å². The van der Waals surface area contributed by atoms with Crippen LogP contribution in [0.1, 0.15) is 10.4 Å². The first-order chi connectivity index (χ1) is 7.52. The van der Waals surface area contributed by atoms with Gasteiger partial charge in [-0.2, -0.15) is 4.99 Å². The second-order valence-electron chi connectivity index (χ2n) is 3.29. The van der Waals surface area contributed by atoms with E-state index in [4.69, 9.17) is 0 Å². The Hall–Kier alpha value is -2.24. The quantitative estimate of drug-likeness (QED) is 0.334. The molecule has 0 N–H and O–H groups in total. The van der Waals surface area contributed by atoms with Crippen molar-refractivity contribution in [1.82, 2.24) is 4.90 Å². The summed E-state index contributed by atoms with van der Waals surface area (Å²) in [5.74, 6) is -0.624. The smallest absolute Gasteiger partial charge is 0.285 e. The number of amides is 1. The Bertz CT molecular complexity index is 441. The van der Waals surface area contributed by atoms with E-state index in [0.717, 1.165) is 0 Å². The van der Waals surface area contributed by atoms with Crippen molar-refractivity contribution in [2.45, 2.75) is 0 Å². The average molecular weight is 221 g/mol. The SMILES string of the molecule is CN(C)/C=N/C(=O)c1ccccc1[N+](=O)[O-]. The average Bonchev–Trinajstić information content (AvgIpc) is 2.25. The van der Waals surface area contributed by atoms with Crippen molar-refractivity contribution < 1.29 is 9.72 Å². The number of para-hydroxylation sites is 1. The maximum Gasteiger partial charge on any atom is 0.285 e. The number of benzene rings is 1. The number of hydrogen-bond donors (Lipinski definition) is 0. The zero-order valence-electron chi connectivity index (χ0n) is 8.95. The molecule has 6 heteroatoms. The second kappa shape index (κ2) is 5.01. The van der Waals surface area contributed by atoms with E-state index in [1.807, 2.05) is 0 Å². The van der Waals surface area contributed by atoms with Crippen molar-refractivity contribution in [1.29, 1.82) is 0 Å². The van der Waals surface area contributed by atoms with Gasteiger partial charge < -0.3 is 4.90 Å². The molecule has 0 atom stereocenters. The molecule has 0 aliphatic heterocycles. The number of nitro groups is 1. The van der Waals surface area contributed by atoms with Crippen LogP contribution in [0.2, 0.25) is 0 Å². The fraction of sp³-hybridized carbons (Fsp3) is 0.200. The van der Waals surface area contributed by atoms with Crippen LogP contribution in [0.5, 0.6) is 0 Å². The van der Waals surface area contributed by atoms with Gasteiger partial charge in [0.15, 0.2) is 0 Å². The minimum absolute atomic E-state index is 0.00870. The summed E-state index contributed by atoms with van der Waals surface area (Å²) in [7, 11) is 3.41. The maximum absolute atomic E-state index is 11.5. The lowest BCUT2D eigenvalue weighted by Crippen LogP contribution is -2.10. The molecule has 0 aliphatic carbocycles. The van der Waals surface area contributed by atoms with Gasteiger partial charge in [0.1, 0.15) is 5.56 Å². The van der Waals surface area contributed by atoms with Gasteiger partial charge in [-0.1, -0.05) is 12.1 Å². The Morgan fingerprint density at radius 2 is 2.06 bits per heavy atom. The van der Waals surface area contributed by atoms with Gasteiger partial charge in [0, 0.05) is 20.2 Å². The van der Waals surface area contributed by atoms with E-state index in [9.17, 15) is 14.9 Å². The lowest BCUT2D eigenvalue weighted by atomic mass is 10.2. The van der Waals surface area contributed by atoms with E-state index in [-0.39, 0.29) is 11.3 Å². The molecular weight excluding hydrogens is 210 g/mol. The van der Waals surface area contributed by atoms with Gasteiger partial charge in [-0.15, -0.1) is 0 Å². The summed E-state index contributed by atoms with van der Waals surface area (Å²) in [6.45, 7) is 0. The topological polar surface area (TPSA) is 75.8 Å². The number of hydrogen-bond acceptors (Lipinski definition) is 3. The molecule has 0 spiro atoms. The third-order valence-corrected chi connectivity index (χ3v) is 1.74. The zero-order valence-corrected chi connectivity index (χ0v) is 8.95. The molecule has 1 aromatic rings. The maximum atomic E-state index is 11.5. The van der Waals surface area contributed by atoms with Crippen LogP contribution in [-0.2, 0) is 0 Å². The molecule has 0 saturated heterocycles. The zero-order chi connectivity index (χ0) is 12.1. The minimum Gasteiger partial charge on any atom is -0.369 e. The Labute approximate surface area is 92.4 Å². The molecule has 0 fully saturated rings. The highest BCUT2D eigenvalue weighted by atomic mass is 16.6. The Kier molecular flexibility index (Phi) is 3.71. The molecule has 1 aromatic carbocycles. The Morgan fingerprint density at radius 3 is 2.62 bits per heavy atom. The standard InChI is InChI=1S/C10H11N3O3/c1-12(2)7-11-10(14)8-5-3-4-6-9(8)13(15)16/h3-7H,1-2H3/b11-7+. The van der Waals surface area contributed by atoms with Crippen LogP contribution in [-0.4, -0.2) is 36.2 Å². The summed E-state index contributed by atoms with van der Waals surface area (Å²) < 4.78 is 0. The summed E-state index contributed by atoms with van der Waals surface area (Å²) in [5.41, 5.74) is -0.242. The first kappa shape index (κ1) is 11.8. The highest BCUT2D eigenvalue weighted by Crippen LogP contribution is 2.18. The van der Waals surface area contributed by atoms with E-state index in [1.54, 1.807) is 25.1 Å². The van der Waals surface area contributed by atoms with Gasteiger partial charge in [-0.05, 0) is 6.07 Å². The first-order valence-electron chi connectivity index (χ1n) is 4.50. The van der Waals surface area contributed by atoms with Crippen LogP contribution in [0.25, 0.3) is 0 Å². The monoisotopic (exact) mass is 221 g/mol. The van der Waals surface area contributed by atoms with E-state index >= 15 is 0 Å². The number of carbonyl (C=O) groups excluding carboxylic acids is 1. The molecular formula is C10H11N3O3. The van der Waals surface area contributed by atoms with Gasteiger partial charge >= 0.3 is 0 Å². The predicted molar refractivity (Wildman–Crippen MR) is 59.6 cm³/mol. The molecule has 1 rings (SSSR count). The van der Waals surface area contributed by atoms with Crippen LogP contribution in [0.4, 0.5) is 5.69 Å². The lowest BCUT2D eigenvalue weighted by molar-refractivity contribution is -0.385. The summed E-state index contributed by atoms with van der Waals surface area (Å²) >= 11 is 0. The molecule has 0 bridgehead atoms. The Balaban J connectivity index is 3.04. The molecule has 0 saturated carbocycles. The summed E-state index contributed by atoms with van der Waals surface area (Å²) in [6.07, 6.45) is 1.30. The molecule has 6 nitrogen and oxygen atoms in total. The van der Waals surface area contributed by atoms with E-state index in [1.165, 1.54) is 24.5 Å². The van der Waals surface area contributed by atoms with Crippen LogP contribution in [0.15, 0.2) is 29.3 Å². The van der Waals surface area contributed by atoms with Gasteiger partial charge in [-0.3, -0.25) is 14.9 Å². The number of rotatable bonds is 3. The number of aliphatic imine (C=N–C) groups is 1. The van der Waals surface area contributed by atoms with Crippen molar-refractivity contribution in [2.75, 3.05) is 14.1 Å². The summed E-state index contributed by atoms with van der Waals surface area (Å²) in [5, 5.41) is 10.7. The molecule has 0 radical (unpaired) electrons. The van der Waals surface area contributed by atoms with E-state index in [0.29, 0.717) is 0 Å². The second-order valence-corrected chi connectivity index (χ2v) is 3.29. The number of nitro benzene ring substituents is 1. The van der Waals surface area contributed by atoms with Crippen LogP contribution >= 0.6 is 0 Å². The van der Waals surface area contributed by atoms with Gasteiger partial charge in [-0.25, -0.2) is 0 Å².